The van der Waals surface area contributed by atoms with E-state index in [1.807, 2.05) is 0 Å². The van der Waals surface area contributed by atoms with Crippen LogP contribution in [0.15, 0.2) is 22.7 Å². The minimum absolute atomic E-state index is 0.145. The molecular formula is C12H12BrF3N2O. The molecule has 0 atom stereocenters. The van der Waals surface area contributed by atoms with E-state index in [1.165, 1.54) is 6.07 Å². The molecule has 1 aromatic rings. The van der Waals surface area contributed by atoms with Crippen molar-refractivity contribution in [3.63, 3.8) is 0 Å². The van der Waals surface area contributed by atoms with Crippen LogP contribution in [-0.2, 0) is 11.0 Å². The predicted octanol–water partition coefficient (Wildman–Crippen LogP) is 3.02. The lowest BCUT2D eigenvalue weighted by atomic mass is 9.99. The summed E-state index contributed by atoms with van der Waals surface area (Å²) in [4.78, 5) is 11.7. The maximum Gasteiger partial charge on any atom is 0.416 e. The molecule has 19 heavy (non-hydrogen) atoms. The Labute approximate surface area is 116 Å². The fourth-order valence-corrected chi connectivity index (χ4v) is 2.10. The number of alkyl halides is 3. The van der Waals surface area contributed by atoms with Crippen LogP contribution < -0.4 is 10.6 Å². The number of rotatable bonds is 3. The molecule has 1 heterocycles. The number of carbonyl (C=O) groups excluding carboxylic acids is 1. The van der Waals surface area contributed by atoms with E-state index in [0.29, 0.717) is 10.9 Å². The molecule has 104 valence electrons. The van der Waals surface area contributed by atoms with Crippen LogP contribution in [0.25, 0.3) is 0 Å². The topological polar surface area (TPSA) is 41.1 Å². The van der Waals surface area contributed by atoms with Crippen molar-refractivity contribution in [2.75, 3.05) is 18.4 Å². The number of halogens is 4. The quantitative estimate of drug-likeness (QED) is 0.890. The minimum atomic E-state index is -4.42. The Morgan fingerprint density at radius 3 is 2.63 bits per heavy atom. The average molecular weight is 337 g/mol. The maximum atomic E-state index is 12.6. The van der Waals surface area contributed by atoms with Crippen molar-refractivity contribution in [3.8, 4) is 0 Å². The monoisotopic (exact) mass is 336 g/mol. The van der Waals surface area contributed by atoms with E-state index in [2.05, 4.69) is 26.6 Å². The summed E-state index contributed by atoms with van der Waals surface area (Å²) < 4.78 is 38.2. The lowest BCUT2D eigenvalue weighted by Crippen LogP contribution is -2.43. The Bertz CT molecular complexity index is 486. The molecule has 1 amide bonds. The molecule has 1 fully saturated rings. The first kappa shape index (κ1) is 14.3. The second kappa shape index (κ2) is 5.50. The third-order valence-corrected chi connectivity index (χ3v) is 3.60. The Kier molecular flexibility index (Phi) is 4.15. The molecule has 7 heteroatoms. The van der Waals surface area contributed by atoms with Crippen LogP contribution in [0.3, 0.4) is 0 Å². The number of amides is 1. The van der Waals surface area contributed by atoms with Crippen molar-refractivity contribution in [2.24, 2.45) is 5.92 Å². The highest BCUT2D eigenvalue weighted by Crippen LogP contribution is 2.34. The van der Waals surface area contributed by atoms with E-state index >= 15 is 0 Å². The highest BCUT2D eigenvalue weighted by atomic mass is 79.9. The van der Waals surface area contributed by atoms with Gasteiger partial charge in [0.15, 0.2) is 0 Å². The summed E-state index contributed by atoms with van der Waals surface area (Å²) >= 11 is 3.13. The van der Waals surface area contributed by atoms with Gasteiger partial charge in [-0.2, -0.15) is 13.2 Å². The molecule has 1 aliphatic heterocycles. The number of hydrogen-bond donors (Lipinski definition) is 2. The van der Waals surface area contributed by atoms with Gasteiger partial charge in [0.25, 0.3) is 0 Å². The highest BCUT2D eigenvalue weighted by molar-refractivity contribution is 9.10. The Morgan fingerprint density at radius 1 is 1.42 bits per heavy atom. The van der Waals surface area contributed by atoms with Crippen molar-refractivity contribution in [1.29, 1.82) is 0 Å². The third kappa shape index (κ3) is 3.70. The molecule has 0 radical (unpaired) electrons. The van der Waals surface area contributed by atoms with Crippen molar-refractivity contribution < 1.29 is 18.0 Å². The Morgan fingerprint density at radius 2 is 2.11 bits per heavy atom. The average Bonchev–Trinajstić information content (AvgIpc) is 2.25. The van der Waals surface area contributed by atoms with Gasteiger partial charge in [-0.25, -0.2) is 0 Å². The van der Waals surface area contributed by atoms with Crippen LogP contribution in [0.1, 0.15) is 12.0 Å². The van der Waals surface area contributed by atoms with E-state index in [4.69, 9.17) is 0 Å². The second-order valence-electron chi connectivity index (χ2n) is 4.47. The Hall–Kier alpha value is -1.08. The van der Waals surface area contributed by atoms with Crippen LogP contribution in [0.2, 0.25) is 0 Å². The first-order chi connectivity index (χ1) is 8.86. The van der Waals surface area contributed by atoms with Gasteiger partial charge in [-0.05, 0) is 53.1 Å². The summed E-state index contributed by atoms with van der Waals surface area (Å²) in [5.41, 5.74) is -0.636. The SMILES string of the molecule is O=C(CC1CNC1)Nc1cc(C(F)(F)F)ccc1Br. The van der Waals surface area contributed by atoms with Gasteiger partial charge in [-0.1, -0.05) is 0 Å². The van der Waals surface area contributed by atoms with E-state index in [-0.39, 0.29) is 17.5 Å². The standard InChI is InChI=1S/C12H12BrF3N2O/c13-9-2-1-8(12(14,15)16)4-10(9)18-11(19)3-7-5-17-6-7/h1-2,4,7,17H,3,5-6H2,(H,18,19). The molecule has 1 aliphatic rings. The number of hydrogen-bond acceptors (Lipinski definition) is 2. The van der Waals surface area contributed by atoms with Crippen LogP contribution in [0, 0.1) is 5.92 Å². The molecule has 1 aromatic carbocycles. The van der Waals surface area contributed by atoms with Crippen LogP contribution in [-0.4, -0.2) is 19.0 Å². The molecule has 0 aliphatic carbocycles. The van der Waals surface area contributed by atoms with E-state index in [0.717, 1.165) is 25.2 Å². The molecule has 0 aromatic heterocycles. The van der Waals surface area contributed by atoms with E-state index in [1.54, 1.807) is 0 Å². The maximum absolute atomic E-state index is 12.6. The van der Waals surface area contributed by atoms with Gasteiger partial charge in [-0.3, -0.25) is 4.79 Å². The third-order valence-electron chi connectivity index (χ3n) is 2.91. The number of carbonyl (C=O) groups is 1. The van der Waals surface area contributed by atoms with E-state index in [9.17, 15) is 18.0 Å². The Balaban J connectivity index is 2.07. The van der Waals surface area contributed by atoms with Gasteiger partial charge < -0.3 is 10.6 Å². The molecular weight excluding hydrogens is 325 g/mol. The summed E-state index contributed by atoms with van der Waals surface area (Å²) in [6.07, 6.45) is -4.10. The zero-order valence-corrected chi connectivity index (χ0v) is 11.4. The van der Waals surface area contributed by atoms with Crippen molar-refractivity contribution >= 4 is 27.5 Å². The van der Waals surface area contributed by atoms with Crippen molar-refractivity contribution in [3.05, 3.63) is 28.2 Å². The van der Waals surface area contributed by atoms with Gasteiger partial charge in [0.2, 0.25) is 5.91 Å². The zero-order valence-electron chi connectivity index (χ0n) is 9.85. The zero-order chi connectivity index (χ0) is 14.0. The number of nitrogens with one attached hydrogen (secondary N) is 2. The number of benzene rings is 1. The minimum Gasteiger partial charge on any atom is -0.325 e. The van der Waals surface area contributed by atoms with Gasteiger partial charge >= 0.3 is 6.18 Å². The molecule has 0 bridgehead atoms. The molecule has 3 nitrogen and oxygen atoms in total. The molecule has 2 rings (SSSR count). The van der Waals surface area contributed by atoms with Gasteiger partial charge in [0.05, 0.1) is 11.3 Å². The lowest BCUT2D eigenvalue weighted by Gasteiger charge is -2.26. The van der Waals surface area contributed by atoms with Gasteiger partial charge in [0.1, 0.15) is 0 Å². The summed E-state index contributed by atoms with van der Waals surface area (Å²) in [6, 6.07) is 3.18. The molecule has 0 saturated carbocycles. The highest BCUT2D eigenvalue weighted by Gasteiger charge is 2.31. The van der Waals surface area contributed by atoms with Gasteiger partial charge in [-0.15, -0.1) is 0 Å². The second-order valence-corrected chi connectivity index (χ2v) is 5.32. The first-order valence-electron chi connectivity index (χ1n) is 5.73. The normalized spacial score (nSPS) is 16.0. The molecule has 1 saturated heterocycles. The summed E-state index contributed by atoms with van der Waals surface area (Å²) in [5, 5.41) is 5.54. The first-order valence-corrected chi connectivity index (χ1v) is 6.53. The summed E-state index contributed by atoms with van der Waals surface area (Å²) in [5.74, 6) is -0.00361. The van der Waals surface area contributed by atoms with Crippen LogP contribution in [0.5, 0.6) is 0 Å². The molecule has 0 unspecified atom stereocenters. The van der Waals surface area contributed by atoms with Crippen molar-refractivity contribution in [1.82, 2.24) is 5.32 Å². The smallest absolute Gasteiger partial charge is 0.325 e. The summed E-state index contributed by atoms with van der Waals surface area (Å²) in [6.45, 7) is 1.55. The number of anilines is 1. The molecule has 0 spiro atoms. The summed E-state index contributed by atoms with van der Waals surface area (Å²) in [7, 11) is 0. The van der Waals surface area contributed by atoms with Crippen LogP contribution >= 0.6 is 15.9 Å². The van der Waals surface area contributed by atoms with Crippen LogP contribution in [0.4, 0.5) is 18.9 Å². The van der Waals surface area contributed by atoms with E-state index < -0.39 is 11.7 Å². The predicted molar refractivity (Wildman–Crippen MR) is 68.8 cm³/mol. The largest absolute Gasteiger partial charge is 0.416 e. The fourth-order valence-electron chi connectivity index (χ4n) is 1.75. The van der Waals surface area contributed by atoms with Crippen molar-refractivity contribution in [2.45, 2.75) is 12.6 Å². The fraction of sp³-hybridized carbons (Fsp3) is 0.417. The molecule has 2 N–H and O–H groups in total. The van der Waals surface area contributed by atoms with Gasteiger partial charge in [0, 0.05) is 10.9 Å². The lowest BCUT2D eigenvalue weighted by molar-refractivity contribution is -0.137.